The maximum atomic E-state index is 10.3. The molecule has 0 spiro atoms. The van der Waals surface area contributed by atoms with Gasteiger partial charge in [0, 0.05) is 35.8 Å². The van der Waals surface area contributed by atoms with Gasteiger partial charge < -0.3 is 59.4 Å². The van der Waals surface area contributed by atoms with Crippen LogP contribution in [0, 0.1) is 35.5 Å². The van der Waals surface area contributed by atoms with Crippen LogP contribution in [-0.4, -0.2) is 35.8 Å². The molecule has 0 aromatic heterocycles. The molecule has 0 saturated heterocycles. The maximum Gasteiger partial charge on any atom is 3.00 e. The molecular formula is C48H90Cr2O12. The Hall–Kier alpha value is -2.12. The van der Waals surface area contributed by atoms with Gasteiger partial charge >= 0.3 is 34.7 Å². The third-order valence-electron chi connectivity index (χ3n) is 10.4. The van der Waals surface area contributed by atoms with Crippen molar-refractivity contribution in [3.63, 3.8) is 0 Å². The minimum atomic E-state index is -0.893. The third kappa shape index (κ3) is 55.9. The topological polar surface area (TPSA) is 241 Å². The van der Waals surface area contributed by atoms with Crippen LogP contribution in [0.1, 0.15) is 237 Å². The molecule has 0 aromatic rings. The Morgan fingerprint density at radius 3 is 0.403 bits per heavy atom. The minimum absolute atomic E-state index is 0. The van der Waals surface area contributed by atoms with Crippen molar-refractivity contribution in [3.05, 3.63) is 0 Å². The maximum absolute atomic E-state index is 10.3. The summed E-state index contributed by atoms with van der Waals surface area (Å²) in [6, 6.07) is 0. The molecule has 0 aromatic carbocycles. The van der Waals surface area contributed by atoms with Crippen molar-refractivity contribution >= 4 is 35.8 Å². The van der Waals surface area contributed by atoms with Crippen LogP contribution in [0.4, 0.5) is 0 Å². The second-order valence-electron chi connectivity index (χ2n) is 15.4. The Morgan fingerprint density at radius 2 is 0.355 bits per heavy atom. The Labute approximate surface area is 400 Å². The van der Waals surface area contributed by atoms with Crippen molar-refractivity contribution in [2.45, 2.75) is 237 Å². The number of carbonyl (C=O) groups excluding carboxylic acids is 6. The van der Waals surface area contributed by atoms with E-state index in [0.29, 0.717) is 38.5 Å². The first-order valence-electron chi connectivity index (χ1n) is 23.6. The van der Waals surface area contributed by atoms with Crippen LogP contribution in [-0.2, 0) is 63.5 Å². The molecule has 0 fully saturated rings. The summed E-state index contributed by atoms with van der Waals surface area (Å²) in [5.41, 5.74) is 0. The molecule has 14 heteroatoms. The molecule has 6 atom stereocenters. The summed E-state index contributed by atoms with van der Waals surface area (Å²) in [6.45, 7) is 23.7. The second kappa shape index (κ2) is 58.9. The van der Waals surface area contributed by atoms with E-state index in [0.717, 1.165) is 116 Å². The number of hydrogen-bond donors (Lipinski definition) is 0. The summed E-state index contributed by atoms with van der Waals surface area (Å²) in [5.74, 6) is -6.69. The molecule has 0 aliphatic heterocycles. The fourth-order valence-electron chi connectivity index (χ4n) is 5.63. The fourth-order valence-corrected chi connectivity index (χ4v) is 5.63. The number of rotatable bonds is 30. The Balaban J connectivity index is -0.0000000935. The van der Waals surface area contributed by atoms with Crippen LogP contribution in [0.5, 0.6) is 0 Å². The van der Waals surface area contributed by atoms with Gasteiger partial charge in [-0.05, 0) is 113 Å². The van der Waals surface area contributed by atoms with Crippen molar-refractivity contribution in [2.24, 2.45) is 35.5 Å². The molecule has 6 unspecified atom stereocenters. The molecule has 0 rings (SSSR count). The van der Waals surface area contributed by atoms with E-state index in [-0.39, 0.29) is 70.2 Å². The van der Waals surface area contributed by atoms with Crippen LogP contribution >= 0.6 is 0 Å². The Bertz CT molecular complexity index is 811. The van der Waals surface area contributed by atoms with Crippen molar-refractivity contribution in [1.82, 2.24) is 0 Å². The van der Waals surface area contributed by atoms with Crippen LogP contribution in [0.2, 0.25) is 0 Å². The van der Waals surface area contributed by atoms with Crippen molar-refractivity contribution < 1.29 is 94.1 Å². The number of carboxylic acids is 6. The third-order valence-corrected chi connectivity index (χ3v) is 10.4. The summed E-state index contributed by atoms with van der Waals surface area (Å²) in [7, 11) is 0. The summed E-state index contributed by atoms with van der Waals surface area (Å²) < 4.78 is 0. The Kier molecular flexibility index (Phi) is 73.3. The molecule has 366 valence electrons. The summed E-state index contributed by atoms with van der Waals surface area (Å²) >= 11 is 0. The minimum Gasteiger partial charge on any atom is -0.550 e. The molecule has 0 amide bonds. The normalized spacial score (nSPS) is 12.6. The average molecular weight is 963 g/mol. The second-order valence-corrected chi connectivity index (χ2v) is 15.4. The summed E-state index contributed by atoms with van der Waals surface area (Å²) in [6.07, 6.45) is 21.1. The van der Waals surface area contributed by atoms with E-state index >= 15 is 0 Å². The average Bonchev–Trinajstić information content (AvgIpc) is 3.20. The predicted molar refractivity (Wildman–Crippen MR) is 230 cm³/mol. The SMILES string of the molecule is CCCCC(CC)C(=O)[O-].CCCCC(CC)C(=O)[O-].CCCCC(CC)C(=O)[O-].CCCCC(CC)C(=O)[O-].CCCCC(CC)C(=O)[O-].CCCCC(CC)C(=O)[O-].[Cr+3].[Cr+3]. The number of carbonyl (C=O) groups is 6. The van der Waals surface area contributed by atoms with E-state index in [1.165, 1.54) is 0 Å². The zero-order valence-electron chi connectivity index (χ0n) is 41.2. The standard InChI is InChI=1S/6C8H16O2.2Cr/c6*1-3-5-6-7(4-2)8(9)10;;/h6*7H,3-6H2,1-2H3,(H,9,10);;/q;;;;;;2*+3/p-6. The van der Waals surface area contributed by atoms with Gasteiger partial charge in [-0.25, -0.2) is 0 Å². The van der Waals surface area contributed by atoms with Gasteiger partial charge in [0.15, 0.2) is 0 Å². The van der Waals surface area contributed by atoms with Crippen molar-refractivity contribution in [1.29, 1.82) is 0 Å². The van der Waals surface area contributed by atoms with Crippen LogP contribution < -0.4 is 30.6 Å². The van der Waals surface area contributed by atoms with E-state index < -0.39 is 35.8 Å². The molecule has 2 radical (unpaired) electrons. The summed E-state index contributed by atoms with van der Waals surface area (Å²) in [5, 5.41) is 62.0. The van der Waals surface area contributed by atoms with Gasteiger partial charge in [-0.15, -0.1) is 0 Å². The van der Waals surface area contributed by atoms with Crippen LogP contribution in [0.3, 0.4) is 0 Å². The Morgan fingerprint density at radius 1 is 0.258 bits per heavy atom. The molecule has 0 saturated carbocycles. The monoisotopic (exact) mass is 963 g/mol. The van der Waals surface area contributed by atoms with Gasteiger partial charge in [-0.2, -0.15) is 0 Å². The first-order valence-corrected chi connectivity index (χ1v) is 23.6. The number of unbranched alkanes of at least 4 members (excludes halogenated alkanes) is 6. The first kappa shape index (κ1) is 77.1. The zero-order chi connectivity index (χ0) is 47.9. The van der Waals surface area contributed by atoms with Crippen molar-refractivity contribution in [3.8, 4) is 0 Å². The predicted octanol–water partition coefficient (Wildman–Crippen LogP) is 5.71. The van der Waals surface area contributed by atoms with Gasteiger partial charge in [0.25, 0.3) is 0 Å². The molecular weight excluding hydrogens is 873 g/mol. The largest absolute Gasteiger partial charge is 3.00 e. The van der Waals surface area contributed by atoms with E-state index in [1.807, 2.05) is 41.5 Å². The van der Waals surface area contributed by atoms with E-state index in [1.54, 1.807) is 0 Å². The van der Waals surface area contributed by atoms with E-state index in [4.69, 9.17) is 0 Å². The zero-order valence-corrected chi connectivity index (χ0v) is 43.7. The molecule has 62 heavy (non-hydrogen) atoms. The van der Waals surface area contributed by atoms with Gasteiger partial charge in [0.05, 0.1) is 0 Å². The van der Waals surface area contributed by atoms with Crippen LogP contribution in [0.15, 0.2) is 0 Å². The quantitative estimate of drug-likeness (QED) is 0.0841. The number of carboxylic acid groups (broad SMARTS) is 6. The van der Waals surface area contributed by atoms with Gasteiger partial charge in [0.2, 0.25) is 0 Å². The van der Waals surface area contributed by atoms with E-state index in [2.05, 4.69) is 41.5 Å². The molecule has 0 heterocycles. The molecule has 12 nitrogen and oxygen atoms in total. The number of hydrogen-bond acceptors (Lipinski definition) is 12. The summed E-state index contributed by atoms with van der Waals surface area (Å²) in [4.78, 5) is 62.0. The molecule has 0 bridgehead atoms. The number of aliphatic carboxylic acids is 6. The van der Waals surface area contributed by atoms with Crippen molar-refractivity contribution in [2.75, 3.05) is 0 Å². The smallest absolute Gasteiger partial charge is 0.550 e. The molecule has 0 aliphatic carbocycles. The van der Waals surface area contributed by atoms with Gasteiger partial charge in [0.1, 0.15) is 0 Å². The first-order chi connectivity index (χ1) is 28.3. The molecule has 0 aliphatic rings. The van der Waals surface area contributed by atoms with E-state index in [9.17, 15) is 59.4 Å². The van der Waals surface area contributed by atoms with Crippen LogP contribution in [0.25, 0.3) is 0 Å². The fraction of sp³-hybridized carbons (Fsp3) is 0.875. The van der Waals surface area contributed by atoms with Gasteiger partial charge in [-0.3, -0.25) is 0 Å². The van der Waals surface area contributed by atoms with Gasteiger partial charge in [-0.1, -0.05) is 160 Å². The molecule has 0 N–H and O–H groups in total.